The van der Waals surface area contributed by atoms with Gasteiger partial charge in [0.1, 0.15) is 0 Å². The normalized spacial score (nSPS) is 31.5. The van der Waals surface area contributed by atoms with Gasteiger partial charge in [0.15, 0.2) is 0 Å². The monoisotopic (exact) mass is 270 g/mol. The van der Waals surface area contributed by atoms with Crippen LogP contribution in [0.2, 0.25) is 0 Å². The molecule has 5 heteroatoms. The number of nitrogens with two attached hydrogens (primary N) is 1. The first kappa shape index (κ1) is 16.0. The smallest absolute Gasteiger partial charge is 0.307 e. The zero-order valence-electron chi connectivity index (χ0n) is 12.3. The molecule has 1 amide bonds. The number of carbonyl (C=O) groups excluding carboxylic acids is 1. The fourth-order valence-corrected chi connectivity index (χ4v) is 2.92. The molecule has 0 radical (unpaired) electrons. The molecule has 0 saturated heterocycles. The van der Waals surface area contributed by atoms with Crippen molar-refractivity contribution in [3.63, 3.8) is 0 Å². The molecule has 19 heavy (non-hydrogen) atoms. The van der Waals surface area contributed by atoms with E-state index in [1.165, 1.54) is 0 Å². The zero-order valence-corrected chi connectivity index (χ0v) is 12.3. The number of carboxylic acid groups (broad SMARTS) is 1. The molecular weight excluding hydrogens is 244 g/mol. The number of carboxylic acids is 1. The predicted molar refractivity (Wildman–Crippen MR) is 73.5 cm³/mol. The Kier molecular flexibility index (Phi) is 4.96. The van der Waals surface area contributed by atoms with Crippen LogP contribution in [0.4, 0.5) is 0 Å². The SMILES string of the molecule is CC[C@@H](N)C(=O)NC1CCC(C(=O)O)C(C)(C)C1C. The summed E-state index contributed by atoms with van der Waals surface area (Å²) in [4.78, 5) is 23.2. The average molecular weight is 270 g/mol. The Morgan fingerprint density at radius 1 is 1.42 bits per heavy atom. The van der Waals surface area contributed by atoms with E-state index in [9.17, 15) is 14.7 Å². The lowest BCUT2D eigenvalue weighted by atomic mass is 9.61. The third kappa shape index (κ3) is 3.26. The van der Waals surface area contributed by atoms with E-state index >= 15 is 0 Å². The van der Waals surface area contributed by atoms with E-state index in [0.717, 1.165) is 0 Å². The van der Waals surface area contributed by atoms with Crippen LogP contribution in [0.25, 0.3) is 0 Å². The molecule has 0 aliphatic heterocycles. The molecule has 1 aliphatic carbocycles. The van der Waals surface area contributed by atoms with E-state index in [1.54, 1.807) is 0 Å². The van der Waals surface area contributed by atoms with Crippen LogP contribution in [0.5, 0.6) is 0 Å². The van der Waals surface area contributed by atoms with Gasteiger partial charge in [0.25, 0.3) is 0 Å². The summed E-state index contributed by atoms with van der Waals surface area (Å²) in [6.07, 6.45) is 1.90. The number of carbonyl (C=O) groups is 2. The van der Waals surface area contributed by atoms with Crippen LogP contribution >= 0.6 is 0 Å². The van der Waals surface area contributed by atoms with Crippen LogP contribution in [0.15, 0.2) is 0 Å². The van der Waals surface area contributed by atoms with Crippen molar-refractivity contribution in [2.45, 2.75) is 59.0 Å². The minimum atomic E-state index is -0.744. The van der Waals surface area contributed by atoms with Crippen molar-refractivity contribution in [2.24, 2.45) is 23.0 Å². The predicted octanol–water partition coefficient (Wildman–Crippen LogP) is 1.37. The standard InChI is InChI=1S/C14H26N2O3/c1-5-10(15)12(17)16-11-7-6-9(13(18)19)14(3,4)8(11)2/h8-11H,5-7,15H2,1-4H3,(H,16,17)(H,18,19)/t8?,9?,10-,11?/m1/s1. The average Bonchev–Trinajstić information content (AvgIpc) is 2.33. The Labute approximate surface area is 114 Å². The van der Waals surface area contributed by atoms with Gasteiger partial charge in [0, 0.05) is 6.04 Å². The van der Waals surface area contributed by atoms with Gasteiger partial charge in [-0.3, -0.25) is 9.59 Å². The van der Waals surface area contributed by atoms with Crippen molar-refractivity contribution < 1.29 is 14.7 Å². The molecule has 110 valence electrons. The van der Waals surface area contributed by atoms with Gasteiger partial charge in [-0.05, 0) is 30.6 Å². The minimum absolute atomic E-state index is 0.00991. The first-order valence-electron chi connectivity index (χ1n) is 7.00. The summed E-state index contributed by atoms with van der Waals surface area (Å²) in [6, 6.07) is -0.469. The third-order valence-corrected chi connectivity index (χ3v) is 4.84. The van der Waals surface area contributed by atoms with Gasteiger partial charge in [-0.15, -0.1) is 0 Å². The molecule has 0 aromatic rings. The maximum absolute atomic E-state index is 11.9. The van der Waals surface area contributed by atoms with Gasteiger partial charge >= 0.3 is 5.97 Å². The Bertz CT molecular complexity index is 355. The fraction of sp³-hybridized carbons (Fsp3) is 0.857. The van der Waals surface area contributed by atoms with E-state index in [4.69, 9.17) is 5.73 Å². The minimum Gasteiger partial charge on any atom is -0.481 e. The summed E-state index contributed by atoms with van der Waals surface area (Å²) < 4.78 is 0. The first-order chi connectivity index (χ1) is 8.71. The number of nitrogens with one attached hydrogen (secondary N) is 1. The van der Waals surface area contributed by atoms with Crippen LogP contribution in [-0.2, 0) is 9.59 Å². The highest BCUT2D eigenvalue weighted by Crippen LogP contribution is 2.45. The number of aliphatic carboxylic acids is 1. The van der Waals surface area contributed by atoms with Crippen LogP contribution in [-0.4, -0.2) is 29.1 Å². The lowest BCUT2D eigenvalue weighted by molar-refractivity contribution is -0.150. The maximum Gasteiger partial charge on any atom is 0.307 e. The van der Waals surface area contributed by atoms with Crippen molar-refractivity contribution in [1.29, 1.82) is 0 Å². The van der Waals surface area contributed by atoms with Crippen molar-refractivity contribution >= 4 is 11.9 Å². The molecule has 0 spiro atoms. The second-order valence-electron chi connectivity index (χ2n) is 6.21. The molecule has 3 unspecified atom stereocenters. The molecule has 1 saturated carbocycles. The largest absolute Gasteiger partial charge is 0.481 e. The van der Waals surface area contributed by atoms with Crippen molar-refractivity contribution in [3.8, 4) is 0 Å². The van der Waals surface area contributed by atoms with Gasteiger partial charge in [0.2, 0.25) is 5.91 Å². The molecule has 5 nitrogen and oxygen atoms in total. The van der Waals surface area contributed by atoms with Crippen molar-refractivity contribution in [3.05, 3.63) is 0 Å². The summed E-state index contributed by atoms with van der Waals surface area (Å²) in [6.45, 7) is 7.82. The molecule has 1 rings (SSSR count). The quantitative estimate of drug-likeness (QED) is 0.719. The lowest BCUT2D eigenvalue weighted by Crippen LogP contribution is -2.55. The molecule has 0 aromatic carbocycles. The maximum atomic E-state index is 11.9. The topological polar surface area (TPSA) is 92.4 Å². The Hall–Kier alpha value is -1.10. The summed E-state index contributed by atoms with van der Waals surface area (Å²) >= 11 is 0. The van der Waals surface area contributed by atoms with E-state index < -0.39 is 12.0 Å². The second-order valence-corrected chi connectivity index (χ2v) is 6.21. The summed E-state index contributed by atoms with van der Waals surface area (Å²) in [5.74, 6) is -1.12. The van der Waals surface area contributed by atoms with E-state index in [0.29, 0.717) is 19.3 Å². The van der Waals surface area contributed by atoms with Crippen LogP contribution in [0.1, 0.15) is 47.0 Å². The van der Waals surface area contributed by atoms with Crippen molar-refractivity contribution in [2.75, 3.05) is 0 Å². The number of amides is 1. The van der Waals surface area contributed by atoms with Gasteiger partial charge in [-0.1, -0.05) is 27.7 Å². The first-order valence-corrected chi connectivity index (χ1v) is 7.00. The lowest BCUT2D eigenvalue weighted by Gasteiger charge is -2.46. The van der Waals surface area contributed by atoms with Gasteiger partial charge in [0.05, 0.1) is 12.0 Å². The second kappa shape index (κ2) is 5.90. The molecule has 1 aliphatic rings. The van der Waals surface area contributed by atoms with E-state index in [2.05, 4.69) is 5.32 Å². The summed E-state index contributed by atoms with van der Waals surface area (Å²) in [5, 5.41) is 12.3. The number of hydrogen-bond acceptors (Lipinski definition) is 3. The Morgan fingerprint density at radius 2 is 2.00 bits per heavy atom. The highest BCUT2D eigenvalue weighted by Gasteiger charge is 2.46. The molecule has 4 atom stereocenters. The molecule has 4 N–H and O–H groups in total. The van der Waals surface area contributed by atoms with Crippen LogP contribution in [0.3, 0.4) is 0 Å². The summed E-state index contributed by atoms with van der Waals surface area (Å²) in [7, 11) is 0. The van der Waals surface area contributed by atoms with Crippen molar-refractivity contribution in [1.82, 2.24) is 5.32 Å². The van der Waals surface area contributed by atoms with E-state index in [-0.39, 0.29) is 29.2 Å². The number of hydrogen-bond donors (Lipinski definition) is 3. The highest BCUT2D eigenvalue weighted by atomic mass is 16.4. The van der Waals surface area contributed by atoms with Gasteiger partial charge < -0.3 is 16.2 Å². The molecule has 0 heterocycles. The number of rotatable bonds is 4. The zero-order chi connectivity index (χ0) is 14.8. The molecule has 0 bridgehead atoms. The van der Waals surface area contributed by atoms with Gasteiger partial charge in [-0.2, -0.15) is 0 Å². The van der Waals surface area contributed by atoms with Gasteiger partial charge in [-0.25, -0.2) is 0 Å². The molecule has 1 fully saturated rings. The highest BCUT2D eigenvalue weighted by molar-refractivity contribution is 5.81. The molecule has 0 aromatic heterocycles. The van der Waals surface area contributed by atoms with E-state index in [1.807, 2.05) is 27.7 Å². The fourth-order valence-electron chi connectivity index (χ4n) is 2.92. The Balaban J connectivity index is 2.75. The Morgan fingerprint density at radius 3 is 2.47 bits per heavy atom. The van der Waals surface area contributed by atoms with Crippen LogP contribution < -0.4 is 11.1 Å². The third-order valence-electron chi connectivity index (χ3n) is 4.84. The molecular formula is C14H26N2O3. The van der Waals surface area contributed by atoms with Crippen LogP contribution in [0, 0.1) is 17.3 Å². The summed E-state index contributed by atoms with van der Waals surface area (Å²) in [5.41, 5.74) is 5.38.